The molecule has 164 valence electrons. The quantitative estimate of drug-likeness (QED) is 0.539. The number of halogens is 6. The molecule has 29 heavy (non-hydrogen) atoms. The van der Waals surface area contributed by atoms with Crippen molar-refractivity contribution in [1.29, 1.82) is 0 Å². The molecule has 0 bridgehead atoms. The van der Waals surface area contributed by atoms with Crippen LogP contribution in [0.15, 0.2) is 24.3 Å². The van der Waals surface area contributed by atoms with Crippen LogP contribution in [-0.4, -0.2) is 50.2 Å². The van der Waals surface area contributed by atoms with Gasteiger partial charge < -0.3 is 20.1 Å². The minimum Gasteiger partial charge on any atom is -0.497 e. The van der Waals surface area contributed by atoms with Gasteiger partial charge in [0.15, 0.2) is 0 Å². The van der Waals surface area contributed by atoms with E-state index in [0.29, 0.717) is 18.7 Å². The average Bonchev–Trinajstić information content (AvgIpc) is 2.63. The number of nitrogens with one attached hydrogen (secondary N) is 2. The molecule has 0 amide bonds. The molecular weight excluding hydrogens is 406 g/mol. The maximum atomic E-state index is 12.7. The molecule has 1 aliphatic rings. The van der Waals surface area contributed by atoms with Crippen LogP contribution in [-0.2, 0) is 16.1 Å². The van der Waals surface area contributed by atoms with E-state index in [9.17, 15) is 31.1 Å². The molecular formula is C18H22F6N2O3. The van der Waals surface area contributed by atoms with Crippen LogP contribution in [0.1, 0.15) is 18.9 Å². The summed E-state index contributed by atoms with van der Waals surface area (Å²) in [7, 11) is 1.51. The number of methoxy groups -OCH3 is 1. The molecule has 1 aromatic carbocycles. The zero-order valence-electron chi connectivity index (χ0n) is 15.8. The van der Waals surface area contributed by atoms with Gasteiger partial charge in [0.05, 0.1) is 13.0 Å². The summed E-state index contributed by atoms with van der Waals surface area (Å²) in [6.45, 7) is 2.18. The monoisotopic (exact) mass is 428 g/mol. The van der Waals surface area contributed by atoms with E-state index in [0.717, 1.165) is 5.56 Å². The lowest BCUT2D eigenvalue weighted by atomic mass is 9.79. The second kappa shape index (κ2) is 8.78. The predicted molar refractivity (Wildman–Crippen MR) is 91.2 cm³/mol. The summed E-state index contributed by atoms with van der Waals surface area (Å²) in [5, 5.41) is 5.90. The largest absolute Gasteiger partial charge is 0.497 e. The molecule has 11 heteroatoms. The Morgan fingerprint density at radius 3 is 2.31 bits per heavy atom. The lowest BCUT2D eigenvalue weighted by molar-refractivity contribution is -0.315. The normalized spacial score (nSPS) is 23.1. The van der Waals surface area contributed by atoms with Gasteiger partial charge in [-0.1, -0.05) is 12.1 Å². The van der Waals surface area contributed by atoms with Crippen LogP contribution in [0.4, 0.5) is 26.3 Å². The number of piperidine rings is 1. The highest BCUT2D eigenvalue weighted by molar-refractivity contribution is 5.75. The second-order valence-corrected chi connectivity index (χ2v) is 7.03. The minimum absolute atomic E-state index is 0.104. The van der Waals surface area contributed by atoms with Crippen molar-refractivity contribution in [2.45, 2.75) is 43.9 Å². The smallest absolute Gasteiger partial charge is 0.434 e. The first-order valence-electron chi connectivity index (χ1n) is 8.79. The van der Waals surface area contributed by atoms with E-state index in [-0.39, 0.29) is 13.1 Å². The highest BCUT2D eigenvalue weighted by Crippen LogP contribution is 2.37. The Bertz CT molecular complexity index is 678. The van der Waals surface area contributed by atoms with Crippen LogP contribution in [0.2, 0.25) is 0 Å². The van der Waals surface area contributed by atoms with Crippen LogP contribution in [0, 0.1) is 5.92 Å². The van der Waals surface area contributed by atoms with E-state index in [1.165, 1.54) is 7.11 Å². The Kier molecular flexibility index (Phi) is 7.05. The first-order chi connectivity index (χ1) is 13.4. The lowest BCUT2D eigenvalue weighted by Gasteiger charge is -2.41. The van der Waals surface area contributed by atoms with Crippen molar-refractivity contribution in [3.05, 3.63) is 29.8 Å². The van der Waals surface area contributed by atoms with Gasteiger partial charge in [0.25, 0.3) is 6.10 Å². The third-order valence-corrected chi connectivity index (χ3v) is 4.91. The Hall–Kier alpha value is -2.01. The van der Waals surface area contributed by atoms with Crippen LogP contribution in [0.5, 0.6) is 5.75 Å². The van der Waals surface area contributed by atoms with Crippen LogP contribution in [0.3, 0.4) is 0 Å². The molecule has 0 radical (unpaired) electrons. The van der Waals surface area contributed by atoms with E-state index in [2.05, 4.69) is 15.4 Å². The van der Waals surface area contributed by atoms with Crippen molar-refractivity contribution in [2.75, 3.05) is 20.2 Å². The van der Waals surface area contributed by atoms with Gasteiger partial charge in [-0.05, 0) is 37.6 Å². The molecule has 1 saturated heterocycles. The summed E-state index contributed by atoms with van der Waals surface area (Å²) in [5.41, 5.74) is -0.245. The molecule has 2 rings (SSSR count). The standard InChI is InChI=1S/C18H22F6N2O3/c1-16(26-9-11-3-5-12(28-2)6-4-11)7-8-25-10-13(16)14(27)29-15(17(19,20)21)18(22,23)24/h3-6,13,15,25-26H,7-10H2,1-2H3. The Morgan fingerprint density at radius 2 is 1.79 bits per heavy atom. The molecule has 0 saturated carbocycles. The van der Waals surface area contributed by atoms with Gasteiger partial charge in [0, 0.05) is 18.6 Å². The summed E-state index contributed by atoms with van der Waals surface area (Å²) in [5.74, 6) is -2.16. The zero-order valence-corrected chi connectivity index (χ0v) is 15.8. The van der Waals surface area contributed by atoms with Gasteiger partial charge in [0.2, 0.25) is 0 Å². The average molecular weight is 428 g/mol. The fourth-order valence-electron chi connectivity index (χ4n) is 3.11. The van der Waals surface area contributed by atoms with E-state index in [4.69, 9.17) is 4.74 Å². The molecule has 2 unspecified atom stereocenters. The number of alkyl halides is 6. The number of ether oxygens (including phenoxy) is 2. The zero-order chi connectivity index (χ0) is 21.9. The van der Waals surface area contributed by atoms with Crippen molar-refractivity contribution in [3.8, 4) is 5.75 Å². The summed E-state index contributed by atoms with van der Waals surface area (Å²) < 4.78 is 85.3. The van der Waals surface area contributed by atoms with Crippen LogP contribution < -0.4 is 15.4 Å². The van der Waals surface area contributed by atoms with Gasteiger partial charge >= 0.3 is 18.3 Å². The summed E-state index contributed by atoms with van der Waals surface area (Å²) in [6, 6.07) is 6.94. The van der Waals surface area contributed by atoms with Crippen molar-refractivity contribution in [2.24, 2.45) is 5.92 Å². The SMILES string of the molecule is COc1ccc(CNC2(C)CCNCC2C(=O)OC(C(F)(F)F)C(F)(F)F)cc1. The van der Waals surface area contributed by atoms with E-state index >= 15 is 0 Å². The first-order valence-corrected chi connectivity index (χ1v) is 8.79. The van der Waals surface area contributed by atoms with E-state index < -0.39 is 35.9 Å². The van der Waals surface area contributed by atoms with Crippen LogP contribution >= 0.6 is 0 Å². The highest BCUT2D eigenvalue weighted by atomic mass is 19.4. The maximum Gasteiger partial charge on any atom is 0.434 e. The number of benzene rings is 1. The fraction of sp³-hybridized carbons (Fsp3) is 0.611. The van der Waals surface area contributed by atoms with Gasteiger partial charge in [-0.25, -0.2) is 0 Å². The molecule has 2 N–H and O–H groups in total. The van der Waals surface area contributed by atoms with Crippen molar-refractivity contribution in [1.82, 2.24) is 10.6 Å². The predicted octanol–water partition coefficient (Wildman–Crippen LogP) is 3.19. The Labute approximate surface area is 163 Å². The van der Waals surface area contributed by atoms with E-state index in [1.54, 1.807) is 31.2 Å². The third-order valence-electron chi connectivity index (χ3n) is 4.91. The number of esters is 1. The minimum atomic E-state index is -5.75. The Morgan fingerprint density at radius 1 is 1.21 bits per heavy atom. The number of hydrogen-bond donors (Lipinski definition) is 2. The topological polar surface area (TPSA) is 59.6 Å². The highest BCUT2D eigenvalue weighted by Gasteiger charge is 2.60. The molecule has 1 fully saturated rings. The van der Waals surface area contributed by atoms with E-state index in [1.807, 2.05) is 0 Å². The number of hydrogen-bond acceptors (Lipinski definition) is 5. The van der Waals surface area contributed by atoms with Crippen molar-refractivity contribution in [3.63, 3.8) is 0 Å². The molecule has 1 aliphatic heterocycles. The maximum absolute atomic E-state index is 12.7. The van der Waals surface area contributed by atoms with Gasteiger partial charge in [0.1, 0.15) is 5.75 Å². The van der Waals surface area contributed by atoms with Crippen molar-refractivity contribution < 1.29 is 40.6 Å². The van der Waals surface area contributed by atoms with Crippen LogP contribution in [0.25, 0.3) is 0 Å². The second-order valence-electron chi connectivity index (χ2n) is 7.03. The molecule has 1 aromatic rings. The summed E-state index contributed by atoms with van der Waals surface area (Å²) in [4.78, 5) is 12.3. The third kappa shape index (κ3) is 5.99. The summed E-state index contributed by atoms with van der Waals surface area (Å²) >= 11 is 0. The number of carbonyl (C=O) groups excluding carboxylic acids is 1. The van der Waals surface area contributed by atoms with Gasteiger partial charge in [-0.2, -0.15) is 26.3 Å². The first kappa shape index (κ1) is 23.3. The molecule has 5 nitrogen and oxygen atoms in total. The summed E-state index contributed by atoms with van der Waals surface area (Å²) in [6.07, 6.45) is -15.3. The molecule has 2 atom stereocenters. The van der Waals surface area contributed by atoms with Gasteiger partial charge in [-0.15, -0.1) is 0 Å². The fourth-order valence-corrected chi connectivity index (χ4v) is 3.11. The molecule has 1 heterocycles. The number of rotatable bonds is 6. The Balaban J connectivity index is 2.12. The van der Waals surface area contributed by atoms with Crippen molar-refractivity contribution >= 4 is 5.97 Å². The molecule has 0 aromatic heterocycles. The number of carbonyl (C=O) groups is 1. The van der Waals surface area contributed by atoms with Gasteiger partial charge in [-0.3, -0.25) is 4.79 Å². The molecule has 0 aliphatic carbocycles. The lowest BCUT2D eigenvalue weighted by Crippen LogP contribution is -2.60. The molecule has 0 spiro atoms.